The lowest BCUT2D eigenvalue weighted by molar-refractivity contribution is -0.652. The normalized spacial score (nSPS) is 12.0. The van der Waals surface area contributed by atoms with Crippen molar-refractivity contribution in [3.8, 4) is 5.75 Å². The lowest BCUT2D eigenvalue weighted by atomic mass is 10.1. The zero-order chi connectivity index (χ0) is 18.0. The molecule has 0 aliphatic carbocycles. The molecule has 140 valence electrons. The predicted molar refractivity (Wildman–Crippen MR) is 99.9 cm³/mol. The number of benzene rings is 2. The van der Waals surface area contributed by atoms with E-state index in [1.54, 1.807) is 0 Å². The van der Waals surface area contributed by atoms with Gasteiger partial charge in [0.2, 0.25) is 0 Å². The standard InChI is InChI=1S/C21H27N2O2.HI/c1-5-17-10-15(2)11-19(12-17)25-14-18(24)13-23-16(3)22(4)20-8-6-7-9-21(20)23;/h6-12,18,24H,5,13-14H2,1-4H3;1H/q+1;/p-1. The molecular weight excluding hydrogens is 439 g/mol. The van der Waals surface area contributed by atoms with Gasteiger partial charge in [0.05, 0.1) is 7.05 Å². The summed E-state index contributed by atoms with van der Waals surface area (Å²) < 4.78 is 10.2. The topological polar surface area (TPSA) is 38.3 Å². The number of aromatic nitrogens is 2. The second-order valence-corrected chi connectivity index (χ2v) is 6.68. The third kappa shape index (κ3) is 4.38. The molecule has 4 nitrogen and oxygen atoms in total. The molecule has 0 fully saturated rings. The van der Waals surface area contributed by atoms with Gasteiger partial charge in [-0.1, -0.05) is 25.1 Å². The van der Waals surface area contributed by atoms with Crippen molar-refractivity contribution in [2.75, 3.05) is 6.61 Å². The fourth-order valence-electron chi connectivity index (χ4n) is 3.30. The minimum Gasteiger partial charge on any atom is -1.00 e. The summed E-state index contributed by atoms with van der Waals surface area (Å²) in [5, 5.41) is 10.5. The van der Waals surface area contributed by atoms with Crippen molar-refractivity contribution in [2.45, 2.75) is 39.8 Å². The number of rotatable bonds is 6. The number of fused-ring (bicyclic) bond motifs is 1. The molecule has 1 aromatic heterocycles. The highest BCUT2D eigenvalue weighted by molar-refractivity contribution is 5.72. The number of imidazole rings is 1. The number of hydrogen-bond acceptors (Lipinski definition) is 2. The summed E-state index contributed by atoms with van der Waals surface area (Å²) in [7, 11) is 2.05. The lowest BCUT2D eigenvalue weighted by Crippen LogP contribution is -3.00. The number of para-hydroxylation sites is 2. The molecule has 0 bridgehead atoms. The molecule has 3 aromatic rings. The Morgan fingerprint density at radius 2 is 1.88 bits per heavy atom. The Bertz CT molecular complexity index is 889. The SMILES string of the molecule is CCc1cc(C)cc(OCC(O)Cn2c(C)[n+](C)c3ccccc32)c1.[I-]. The molecule has 0 saturated carbocycles. The number of nitrogens with zero attached hydrogens (tertiary/aromatic N) is 2. The fraction of sp³-hybridized carbons (Fsp3) is 0.381. The smallest absolute Gasteiger partial charge is 0.254 e. The average Bonchev–Trinajstić information content (AvgIpc) is 2.85. The second kappa shape index (κ2) is 8.86. The number of aliphatic hydroxyl groups is 1. The van der Waals surface area contributed by atoms with Gasteiger partial charge in [0.25, 0.3) is 5.82 Å². The number of aryl methyl sites for hydroxylation is 3. The molecule has 26 heavy (non-hydrogen) atoms. The minimum atomic E-state index is -0.569. The molecule has 0 aliphatic rings. The number of halogens is 1. The maximum Gasteiger partial charge on any atom is 0.254 e. The highest BCUT2D eigenvalue weighted by atomic mass is 127. The van der Waals surface area contributed by atoms with Crippen LogP contribution >= 0.6 is 0 Å². The Balaban J connectivity index is 0.00000243. The van der Waals surface area contributed by atoms with E-state index >= 15 is 0 Å². The third-order valence-electron chi connectivity index (χ3n) is 4.76. The van der Waals surface area contributed by atoms with Gasteiger partial charge in [-0.15, -0.1) is 0 Å². The molecule has 0 aliphatic heterocycles. The van der Waals surface area contributed by atoms with Crippen molar-refractivity contribution in [1.29, 1.82) is 0 Å². The molecule has 0 radical (unpaired) electrons. The minimum absolute atomic E-state index is 0. The number of aliphatic hydroxyl groups excluding tert-OH is 1. The molecule has 5 heteroatoms. The maximum atomic E-state index is 10.5. The van der Waals surface area contributed by atoms with E-state index in [1.807, 2.05) is 18.2 Å². The summed E-state index contributed by atoms with van der Waals surface area (Å²) in [5.74, 6) is 1.94. The monoisotopic (exact) mass is 466 g/mol. The van der Waals surface area contributed by atoms with Gasteiger partial charge in [0.1, 0.15) is 25.0 Å². The zero-order valence-electron chi connectivity index (χ0n) is 15.9. The Kier molecular flexibility index (Phi) is 7.06. The largest absolute Gasteiger partial charge is 1.00 e. The lowest BCUT2D eigenvalue weighted by Gasteiger charge is -2.13. The van der Waals surface area contributed by atoms with Crippen LogP contribution in [0.5, 0.6) is 5.75 Å². The van der Waals surface area contributed by atoms with E-state index in [1.165, 1.54) is 16.6 Å². The van der Waals surface area contributed by atoms with Gasteiger partial charge in [0, 0.05) is 6.92 Å². The van der Waals surface area contributed by atoms with Crippen LogP contribution in [-0.2, 0) is 20.0 Å². The summed E-state index contributed by atoms with van der Waals surface area (Å²) in [5.41, 5.74) is 4.73. The third-order valence-corrected chi connectivity index (χ3v) is 4.76. The predicted octanol–water partition coefficient (Wildman–Crippen LogP) is 0.0889. The first kappa shape index (κ1) is 20.7. The first-order chi connectivity index (χ1) is 12.0. The van der Waals surface area contributed by atoms with E-state index in [2.05, 4.69) is 61.2 Å². The van der Waals surface area contributed by atoms with E-state index < -0.39 is 6.10 Å². The van der Waals surface area contributed by atoms with E-state index in [0.29, 0.717) is 6.54 Å². The van der Waals surface area contributed by atoms with Crippen LogP contribution in [-0.4, -0.2) is 22.4 Å². The van der Waals surface area contributed by atoms with E-state index in [-0.39, 0.29) is 30.6 Å². The van der Waals surface area contributed by atoms with E-state index in [9.17, 15) is 5.11 Å². The molecule has 2 aromatic carbocycles. The summed E-state index contributed by atoms with van der Waals surface area (Å²) in [6.07, 6.45) is 0.408. The van der Waals surface area contributed by atoms with Gasteiger partial charge in [-0.05, 0) is 48.7 Å². The first-order valence-electron chi connectivity index (χ1n) is 8.85. The quantitative estimate of drug-likeness (QED) is 0.413. The van der Waals surface area contributed by atoms with Gasteiger partial charge in [-0.25, -0.2) is 9.13 Å². The summed E-state index contributed by atoms with van der Waals surface area (Å²) in [6.45, 7) is 7.06. The van der Waals surface area contributed by atoms with Crippen molar-refractivity contribution in [3.05, 3.63) is 59.4 Å². The molecule has 3 rings (SSSR count). The number of ether oxygens (including phenoxy) is 1. The van der Waals surface area contributed by atoms with Crippen LogP contribution in [0.1, 0.15) is 23.9 Å². The molecule has 0 saturated heterocycles. The molecule has 1 unspecified atom stereocenters. The van der Waals surface area contributed by atoms with Crippen LogP contribution in [0, 0.1) is 13.8 Å². The van der Waals surface area contributed by atoms with Crippen molar-refractivity contribution >= 4 is 11.0 Å². The molecular formula is C21H27IN2O2. The fourth-order valence-corrected chi connectivity index (χ4v) is 3.30. The van der Waals surface area contributed by atoms with Crippen molar-refractivity contribution in [3.63, 3.8) is 0 Å². The van der Waals surface area contributed by atoms with Gasteiger partial charge in [-0.3, -0.25) is 0 Å². The van der Waals surface area contributed by atoms with Crippen molar-refractivity contribution < 1.29 is 38.4 Å². The van der Waals surface area contributed by atoms with Crippen LogP contribution in [0.3, 0.4) is 0 Å². The first-order valence-corrected chi connectivity index (χ1v) is 8.85. The Labute approximate surface area is 172 Å². The van der Waals surface area contributed by atoms with Gasteiger partial charge >= 0.3 is 0 Å². The van der Waals surface area contributed by atoms with Crippen LogP contribution in [0.15, 0.2) is 42.5 Å². The molecule has 0 amide bonds. The highest BCUT2D eigenvalue weighted by Gasteiger charge is 2.21. The van der Waals surface area contributed by atoms with E-state index in [4.69, 9.17) is 4.74 Å². The Morgan fingerprint density at radius 3 is 2.62 bits per heavy atom. The molecule has 0 spiro atoms. The van der Waals surface area contributed by atoms with Crippen molar-refractivity contribution in [2.24, 2.45) is 7.05 Å². The Morgan fingerprint density at radius 1 is 1.15 bits per heavy atom. The van der Waals surface area contributed by atoms with Gasteiger partial charge in [-0.2, -0.15) is 0 Å². The average molecular weight is 466 g/mol. The molecule has 1 N–H and O–H groups in total. The summed E-state index contributed by atoms with van der Waals surface area (Å²) >= 11 is 0. The van der Waals surface area contributed by atoms with Gasteiger partial charge in [0.15, 0.2) is 11.0 Å². The summed E-state index contributed by atoms with van der Waals surface area (Å²) in [6, 6.07) is 14.5. The van der Waals surface area contributed by atoms with Crippen LogP contribution in [0.4, 0.5) is 0 Å². The molecule has 1 atom stereocenters. The maximum absolute atomic E-state index is 10.5. The van der Waals surface area contributed by atoms with Crippen LogP contribution < -0.4 is 33.3 Å². The molecule has 1 heterocycles. The van der Waals surface area contributed by atoms with Crippen LogP contribution in [0.2, 0.25) is 0 Å². The van der Waals surface area contributed by atoms with Crippen molar-refractivity contribution in [1.82, 2.24) is 4.57 Å². The van der Waals surface area contributed by atoms with Crippen LogP contribution in [0.25, 0.3) is 11.0 Å². The second-order valence-electron chi connectivity index (χ2n) is 6.68. The van der Waals surface area contributed by atoms with E-state index in [0.717, 1.165) is 23.5 Å². The zero-order valence-corrected chi connectivity index (χ0v) is 18.0. The summed E-state index contributed by atoms with van der Waals surface area (Å²) in [4.78, 5) is 0. The number of hydrogen-bond donors (Lipinski definition) is 1. The highest BCUT2D eigenvalue weighted by Crippen LogP contribution is 2.18. The van der Waals surface area contributed by atoms with Gasteiger partial charge < -0.3 is 33.8 Å². The Hall–Kier alpha value is -1.60.